The number of hydrogen-bond acceptors (Lipinski definition) is 6. The number of carbonyl (C=O) groups excluding carboxylic acids is 3. The molecule has 2 aromatic carbocycles. The molecule has 0 fully saturated rings. The highest BCUT2D eigenvalue weighted by Crippen LogP contribution is 2.22. The van der Waals surface area contributed by atoms with E-state index in [1.807, 2.05) is 6.07 Å². The molecule has 2 amide bonds. The number of carbonyl (C=O) groups is 3. The Labute approximate surface area is 177 Å². The SMILES string of the molecule is Cc1cc(/C=N\NC(=O)Nc2ccccc2)c(C)n1-c1cc(C(=O)[O-])cc(C(=O)[O-])c1. The van der Waals surface area contributed by atoms with E-state index in [2.05, 4.69) is 15.8 Å². The van der Waals surface area contributed by atoms with Crippen molar-refractivity contribution in [1.82, 2.24) is 9.99 Å². The lowest BCUT2D eigenvalue weighted by Gasteiger charge is -2.15. The summed E-state index contributed by atoms with van der Waals surface area (Å²) in [5, 5.41) is 29.1. The van der Waals surface area contributed by atoms with Gasteiger partial charge in [-0.1, -0.05) is 18.2 Å². The molecule has 0 saturated heterocycles. The number of hydrazone groups is 1. The predicted molar refractivity (Wildman–Crippen MR) is 110 cm³/mol. The van der Waals surface area contributed by atoms with E-state index in [4.69, 9.17) is 0 Å². The summed E-state index contributed by atoms with van der Waals surface area (Å²) in [6, 6.07) is 13.7. The Hall–Kier alpha value is -4.40. The van der Waals surface area contributed by atoms with Crippen LogP contribution in [-0.4, -0.2) is 28.8 Å². The topological polar surface area (TPSA) is 139 Å². The average Bonchev–Trinajstić information content (AvgIpc) is 3.01. The Bertz CT molecular complexity index is 1150. The van der Waals surface area contributed by atoms with Gasteiger partial charge in [0.1, 0.15) is 0 Å². The molecule has 2 N–H and O–H groups in total. The summed E-state index contributed by atoms with van der Waals surface area (Å²) in [6.45, 7) is 3.52. The predicted octanol–water partition coefficient (Wildman–Crippen LogP) is 0.977. The first-order valence-corrected chi connectivity index (χ1v) is 9.18. The van der Waals surface area contributed by atoms with Crippen molar-refractivity contribution in [2.24, 2.45) is 5.10 Å². The standard InChI is InChI=1S/C22H20N4O5/c1-13-8-17(12-23-25-22(31)24-18-6-4-3-5-7-18)14(2)26(13)19-10-15(20(27)28)9-16(11-19)21(29)30/h3-12H,1-2H3,(H,27,28)(H,29,30)(H2,24,25,31)/p-2/b23-12-. The first-order chi connectivity index (χ1) is 14.8. The lowest BCUT2D eigenvalue weighted by atomic mass is 10.1. The van der Waals surface area contributed by atoms with Crippen molar-refractivity contribution < 1.29 is 24.6 Å². The first-order valence-electron chi connectivity index (χ1n) is 9.18. The fraction of sp³-hybridized carbons (Fsp3) is 0.0909. The highest BCUT2D eigenvalue weighted by atomic mass is 16.4. The molecule has 0 aliphatic heterocycles. The zero-order chi connectivity index (χ0) is 22.5. The normalized spacial score (nSPS) is 10.8. The molecule has 9 heteroatoms. The highest BCUT2D eigenvalue weighted by molar-refractivity contribution is 5.93. The van der Waals surface area contributed by atoms with Gasteiger partial charge in [-0.25, -0.2) is 10.2 Å². The van der Waals surface area contributed by atoms with Crippen LogP contribution in [0, 0.1) is 13.8 Å². The first kappa shape index (κ1) is 21.3. The Balaban J connectivity index is 1.84. The van der Waals surface area contributed by atoms with Gasteiger partial charge >= 0.3 is 6.03 Å². The summed E-state index contributed by atoms with van der Waals surface area (Å²) >= 11 is 0. The van der Waals surface area contributed by atoms with Crippen LogP contribution in [0.2, 0.25) is 0 Å². The van der Waals surface area contributed by atoms with E-state index in [1.54, 1.807) is 48.7 Å². The maximum atomic E-state index is 11.9. The van der Waals surface area contributed by atoms with Crippen molar-refractivity contribution in [3.63, 3.8) is 0 Å². The lowest BCUT2D eigenvalue weighted by Crippen LogP contribution is -2.26. The molecule has 1 heterocycles. The minimum atomic E-state index is -1.50. The number of nitrogens with one attached hydrogen (secondary N) is 2. The van der Waals surface area contributed by atoms with Crippen molar-refractivity contribution in [2.45, 2.75) is 13.8 Å². The van der Waals surface area contributed by atoms with Crippen molar-refractivity contribution in [3.8, 4) is 5.69 Å². The summed E-state index contributed by atoms with van der Waals surface area (Å²) in [5.41, 5.74) is 4.75. The Morgan fingerprint density at radius 3 is 2.13 bits per heavy atom. The number of amides is 2. The summed E-state index contributed by atoms with van der Waals surface area (Å²) in [7, 11) is 0. The number of hydrogen-bond donors (Lipinski definition) is 2. The lowest BCUT2D eigenvalue weighted by molar-refractivity contribution is -0.255. The molecule has 1 aromatic heterocycles. The zero-order valence-corrected chi connectivity index (χ0v) is 16.7. The number of anilines is 1. The van der Waals surface area contributed by atoms with Gasteiger partial charge in [0.25, 0.3) is 0 Å². The van der Waals surface area contributed by atoms with E-state index in [-0.39, 0.29) is 11.1 Å². The van der Waals surface area contributed by atoms with Gasteiger partial charge in [-0.2, -0.15) is 5.10 Å². The summed E-state index contributed by atoms with van der Waals surface area (Å²) in [4.78, 5) is 34.5. The molecule has 0 bridgehead atoms. The molecule has 0 spiro atoms. The van der Waals surface area contributed by atoms with Crippen molar-refractivity contribution in [3.05, 3.63) is 82.7 Å². The van der Waals surface area contributed by atoms with Gasteiger partial charge in [0.05, 0.1) is 18.2 Å². The maximum Gasteiger partial charge on any atom is 0.339 e. The Kier molecular flexibility index (Phi) is 6.15. The van der Waals surface area contributed by atoms with Crippen LogP contribution in [0.25, 0.3) is 5.69 Å². The molecule has 0 radical (unpaired) electrons. The largest absolute Gasteiger partial charge is 0.545 e. The van der Waals surface area contributed by atoms with E-state index in [0.717, 1.165) is 6.07 Å². The molecule has 9 nitrogen and oxygen atoms in total. The fourth-order valence-electron chi connectivity index (χ4n) is 3.13. The molecule has 158 valence electrons. The third-order valence-electron chi connectivity index (χ3n) is 4.52. The van der Waals surface area contributed by atoms with Gasteiger partial charge in [-0.3, -0.25) is 0 Å². The fourth-order valence-corrected chi connectivity index (χ4v) is 3.13. The van der Waals surface area contributed by atoms with E-state index >= 15 is 0 Å². The summed E-state index contributed by atoms with van der Waals surface area (Å²) in [6.07, 6.45) is 1.44. The monoisotopic (exact) mass is 418 g/mol. The van der Waals surface area contributed by atoms with Crippen LogP contribution >= 0.6 is 0 Å². The van der Waals surface area contributed by atoms with Crippen molar-refractivity contribution in [1.29, 1.82) is 0 Å². The number of para-hydroxylation sites is 1. The maximum absolute atomic E-state index is 11.9. The van der Waals surface area contributed by atoms with Crippen LogP contribution in [0.5, 0.6) is 0 Å². The number of benzene rings is 2. The average molecular weight is 418 g/mol. The number of carboxylic acids is 2. The van der Waals surface area contributed by atoms with Gasteiger partial charge in [0.2, 0.25) is 0 Å². The smallest absolute Gasteiger partial charge is 0.339 e. The van der Waals surface area contributed by atoms with Crippen LogP contribution in [0.3, 0.4) is 0 Å². The van der Waals surface area contributed by atoms with E-state index < -0.39 is 18.0 Å². The summed E-state index contributed by atoms with van der Waals surface area (Å²) in [5.74, 6) is -3.00. The van der Waals surface area contributed by atoms with Crippen molar-refractivity contribution >= 4 is 29.9 Å². The molecule has 0 saturated carbocycles. The second kappa shape index (κ2) is 8.95. The minimum absolute atomic E-state index is 0.279. The third kappa shape index (κ3) is 4.96. The molecule has 0 aliphatic carbocycles. The van der Waals surface area contributed by atoms with Gasteiger partial charge in [-0.15, -0.1) is 0 Å². The number of urea groups is 1. The van der Waals surface area contributed by atoms with Gasteiger partial charge in [-0.05, 0) is 61.4 Å². The highest BCUT2D eigenvalue weighted by Gasteiger charge is 2.12. The van der Waals surface area contributed by atoms with Crippen molar-refractivity contribution in [2.75, 3.05) is 5.32 Å². The Morgan fingerprint density at radius 1 is 0.935 bits per heavy atom. The second-order valence-corrected chi connectivity index (χ2v) is 6.70. The van der Waals surface area contributed by atoms with E-state index in [0.29, 0.717) is 28.3 Å². The minimum Gasteiger partial charge on any atom is -0.545 e. The van der Waals surface area contributed by atoms with E-state index in [1.165, 1.54) is 18.3 Å². The van der Waals surface area contributed by atoms with Crippen LogP contribution in [0.15, 0.2) is 59.7 Å². The quantitative estimate of drug-likeness (QED) is 0.454. The third-order valence-corrected chi connectivity index (χ3v) is 4.52. The zero-order valence-electron chi connectivity index (χ0n) is 16.7. The van der Waals surface area contributed by atoms with Gasteiger partial charge in [0, 0.05) is 28.3 Å². The molecular formula is C22H18N4O5-2. The molecule has 3 rings (SSSR count). The Morgan fingerprint density at radius 2 is 1.55 bits per heavy atom. The molecule has 0 unspecified atom stereocenters. The number of rotatable bonds is 6. The molecule has 0 aliphatic rings. The number of nitrogens with zero attached hydrogens (tertiary/aromatic N) is 2. The van der Waals surface area contributed by atoms with Crippen LogP contribution in [0.4, 0.5) is 10.5 Å². The molecular weight excluding hydrogens is 400 g/mol. The number of aromatic nitrogens is 1. The van der Waals surface area contributed by atoms with E-state index in [9.17, 15) is 24.6 Å². The summed E-state index contributed by atoms with van der Waals surface area (Å²) < 4.78 is 1.67. The number of aromatic carboxylic acids is 2. The molecule has 0 atom stereocenters. The van der Waals surface area contributed by atoms with Gasteiger partial charge in [0.15, 0.2) is 0 Å². The number of aryl methyl sites for hydroxylation is 1. The second-order valence-electron chi connectivity index (χ2n) is 6.70. The van der Waals surface area contributed by atoms with Crippen LogP contribution < -0.4 is 21.0 Å². The molecule has 31 heavy (non-hydrogen) atoms. The molecule has 3 aromatic rings. The van der Waals surface area contributed by atoms with Crippen LogP contribution in [-0.2, 0) is 0 Å². The van der Waals surface area contributed by atoms with Gasteiger partial charge < -0.3 is 29.7 Å². The number of carboxylic acid groups (broad SMARTS) is 2. The van der Waals surface area contributed by atoms with Crippen LogP contribution in [0.1, 0.15) is 37.7 Å².